The Labute approximate surface area is 153 Å². The van der Waals surface area contributed by atoms with E-state index in [0.29, 0.717) is 17.9 Å². The molecule has 0 bridgehead atoms. The summed E-state index contributed by atoms with van der Waals surface area (Å²) in [5.41, 5.74) is 2.32. The number of amides is 3. The molecule has 4 rings (SSSR count). The zero-order chi connectivity index (χ0) is 18.3. The van der Waals surface area contributed by atoms with Gasteiger partial charge in [0.25, 0.3) is 5.91 Å². The molecule has 26 heavy (non-hydrogen) atoms. The number of rotatable bonds is 3. The van der Waals surface area contributed by atoms with Crippen molar-refractivity contribution < 1.29 is 14.3 Å². The van der Waals surface area contributed by atoms with E-state index in [4.69, 9.17) is 4.74 Å². The number of methoxy groups -OCH3 is 1. The molecule has 138 valence electrons. The van der Waals surface area contributed by atoms with Crippen LogP contribution in [0.4, 0.5) is 4.79 Å². The molecule has 3 amide bonds. The Morgan fingerprint density at radius 3 is 2.58 bits per heavy atom. The predicted molar refractivity (Wildman–Crippen MR) is 97.6 cm³/mol. The van der Waals surface area contributed by atoms with E-state index in [1.807, 2.05) is 29.2 Å². The standard InChI is InChI=1S/C20H25N3O3/c1-22-15-12-23(13-8-4-3-5-9-13)19(24)17(15)18(21-20(22)25)14-10-6-7-11-16(14)26-2/h6-7,10-11,13,18H,3-5,8-9,12H2,1-2H3,(H,21,25)/t18-/m0/s1. The Morgan fingerprint density at radius 1 is 1.12 bits per heavy atom. The zero-order valence-corrected chi connectivity index (χ0v) is 15.3. The van der Waals surface area contributed by atoms with Gasteiger partial charge in [0.2, 0.25) is 0 Å². The maximum atomic E-state index is 13.3. The van der Waals surface area contributed by atoms with Crippen molar-refractivity contribution in [3.63, 3.8) is 0 Å². The van der Waals surface area contributed by atoms with Gasteiger partial charge in [-0.25, -0.2) is 4.79 Å². The number of hydrogen-bond donors (Lipinski definition) is 1. The summed E-state index contributed by atoms with van der Waals surface area (Å²) in [6.45, 7) is 0.522. The number of urea groups is 1. The zero-order valence-electron chi connectivity index (χ0n) is 15.3. The van der Waals surface area contributed by atoms with E-state index in [1.165, 1.54) is 19.3 Å². The van der Waals surface area contributed by atoms with Gasteiger partial charge in [-0.3, -0.25) is 9.69 Å². The fraction of sp³-hybridized carbons (Fsp3) is 0.500. The lowest BCUT2D eigenvalue weighted by molar-refractivity contribution is -0.128. The molecule has 0 saturated heterocycles. The van der Waals surface area contributed by atoms with Crippen LogP contribution in [0.3, 0.4) is 0 Å². The Morgan fingerprint density at radius 2 is 1.85 bits per heavy atom. The lowest BCUT2D eigenvalue weighted by Gasteiger charge is -2.31. The first-order valence-corrected chi connectivity index (χ1v) is 9.33. The molecular formula is C20H25N3O3. The highest BCUT2D eigenvalue weighted by atomic mass is 16.5. The maximum Gasteiger partial charge on any atom is 0.322 e. The van der Waals surface area contributed by atoms with Crippen molar-refractivity contribution in [1.82, 2.24) is 15.1 Å². The van der Waals surface area contributed by atoms with Crippen LogP contribution < -0.4 is 10.1 Å². The van der Waals surface area contributed by atoms with Gasteiger partial charge < -0.3 is 15.0 Å². The van der Waals surface area contributed by atoms with Crippen LogP contribution in [-0.2, 0) is 4.79 Å². The van der Waals surface area contributed by atoms with Crippen molar-refractivity contribution in [2.24, 2.45) is 0 Å². The van der Waals surface area contributed by atoms with Crippen LogP contribution in [0.5, 0.6) is 5.75 Å². The van der Waals surface area contributed by atoms with Gasteiger partial charge in [-0.2, -0.15) is 0 Å². The summed E-state index contributed by atoms with van der Waals surface area (Å²) >= 11 is 0. The third kappa shape index (κ3) is 2.64. The van der Waals surface area contributed by atoms with Crippen molar-refractivity contribution in [2.75, 3.05) is 20.7 Å². The summed E-state index contributed by atoms with van der Waals surface area (Å²) in [7, 11) is 3.34. The minimum atomic E-state index is -0.467. The van der Waals surface area contributed by atoms with Gasteiger partial charge in [0, 0.05) is 18.7 Å². The van der Waals surface area contributed by atoms with Crippen LogP contribution in [0.1, 0.15) is 43.7 Å². The Balaban J connectivity index is 1.72. The Hall–Kier alpha value is -2.50. The molecule has 1 aromatic carbocycles. The van der Waals surface area contributed by atoms with Gasteiger partial charge in [-0.15, -0.1) is 0 Å². The third-order valence-corrected chi connectivity index (χ3v) is 5.85. The third-order valence-electron chi connectivity index (χ3n) is 5.85. The lowest BCUT2D eigenvalue weighted by atomic mass is 9.93. The molecule has 3 aliphatic rings. The van der Waals surface area contributed by atoms with E-state index in [9.17, 15) is 9.59 Å². The number of nitrogens with one attached hydrogen (secondary N) is 1. The number of carbonyl (C=O) groups excluding carboxylic acids is 2. The number of hydrogen-bond acceptors (Lipinski definition) is 3. The highest BCUT2D eigenvalue weighted by Gasteiger charge is 2.45. The number of para-hydroxylation sites is 1. The van der Waals surface area contributed by atoms with E-state index in [0.717, 1.165) is 24.1 Å². The summed E-state index contributed by atoms with van der Waals surface area (Å²) in [4.78, 5) is 29.4. The number of benzene rings is 1. The van der Waals surface area contributed by atoms with E-state index in [2.05, 4.69) is 5.32 Å². The molecule has 2 aliphatic heterocycles. The summed E-state index contributed by atoms with van der Waals surface area (Å²) in [5.74, 6) is 0.729. The molecule has 0 unspecified atom stereocenters. The molecule has 1 aliphatic carbocycles. The van der Waals surface area contributed by atoms with Gasteiger partial charge in [0.05, 0.1) is 31.0 Å². The second-order valence-electron chi connectivity index (χ2n) is 7.27. The monoisotopic (exact) mass is 355 g/mol. The first-order valence-electron chi connectivity index (χ1n) is 9.33. The average Bonchev–Trinajstić information content (AvgIpc) is 3.03. The predicted octanol–water partition coefficient (Wildman–Crippen LogP) is 2.82. The van der Waals surface area contributed by atoms with Gasteiger partial charge in [-0.05, 0) is 18.9 Å². The second kappa shape index (κ2) is 6.67. The van der Waals surface area contributed by atoms with Crippen LogP contribution in [0.15, 0.2) is 35.5 Å². The van der Waals surface area contributed by atoms with Gasteiger partial charge in [0.15, 0.2) is 0 Å². The van der Waals surface area contributed by atoms with Crippen molar-refractivity contribution in [1.29, 1.82) is 0 Å². The molecule has 1 saturated carbocycles. The summed E-state index contributed by atoms with van der Waals surface area (Å²) in [5, 5.41) is 2.98. The van der Waals surface area contributed by atoms with Crippen molar-refractivity contribution >= 4 is 11.9 Å². The first-order chi connectivity index (χ1) is 12.6. The summed E-state index contributed by atoms with van der Waals surface area (Å²) < 4.78 is 5.48. The maximum absolute atomic E-state index is 13.3. The first kappa shape index (κ1) is 16.9. The molecular weight excluding hydrogens is 330 g/mol. The lowest BCUT2D eigenvalue weighted by Crippen LogP contribution is -2.45. The number of carbonyl (C=O) groups is 2. The minimum Gasteiger partial charge on any atom is -0.496 e. The molecule has 0 spiro atoms. The molecule has 1 atom stereocenters. The molecule has 1 aromatic rings. The molecule has 2 heterocycles. The fourth-order valence-corrected chi connectivity index (χ4v) is 4.41. The minimum absolute atomic E-state index is 0.0506. The fourth-order valence-electron chi connectivity index (χ4n) is 4.41. The van der Waals surface area contributed by atoms with Crippen LogP contribution in [-0.4, -0.2) is 48.5 Å². The van der Waals surface area contributed by atoms with E-state index in [1.54, 1.807) is 19.1 Å². The molecule has 1 fully saturated rings. The number of likely N-dealkylation sites (N-methyl/N-ethyl adjacent to an activating group) is 1. The van der Waals surface area contributed by atoms with Gasteiger partial charge in [-0.1, -0.05) is 37.5 Å². The number of nitrogens with zero attached hydrogens (tertiary/aromatic N) is 2. The smallest absolute Gasteiger partial charge is 0.322 e. The van der Waals surface area contributed by atoms with Crippen LogP contribution in [0.25, 0.3) is 0 Å². The molecule has 0 aromatic heterocycles. The van der Waals surface area contributed by atoms with E-state index < -0.39 is 6.04 Å². The van der Waals surface area contributed by atoms with Gasteiger partial charge in [0.1, 0.15) is 5.75 Å². The van der Waals surface area contributed by atoms with Gasteiger partial charge >= 0.3 is 6.03 Å². The SMILES string of the molecule is COc1ccccc1[C@@H]1NC(=O)N(C)C2=C1C(=O)N(C1CCCCC1)C2. The molecule has 1 N–H and O–H groups in total. The Bertz CT molecular complexity index is 767. The van der Waals surface area contributed by atoms with Crippen molar-refractivity contribution in [3.8, 4) is 5.75 Å². The van der Waals surface area contributed by atoms with Crippen LogP contribution >= 0.6 is 0 Å². The highest BCUT2D eigenvalue weighted by Crippen LogP contribution is 2.40. The number of ether oxygens (including phenoxy) is 1. The molecule has 6 heteroatoms. The Kier molecular flexibility index (Phi) is 4.34. The van der Waals surface area contributed by atoms with Crippen molar-refractivity contribution in [3.05, 3.63) is 41.1 Å². The largest absolute Gasteiger partial charge is 0.496 e. The normalized spacial score (nSPS) is 24.0. The van der Waals surface area contributed by atoms with Crippen LogP contribution in [0, 0.1) is 0 Å². The van der Waals surface area contributed by atoms with Crippen molar-refractivity contribution in [2.45, 2.75) is 44.2 Å². The molecule has 6 nitrogen and oxygen atoms in total. The van der Waals surface area contributed by atoms with E-state index >= 15 is 0 Å². The summed E-state index contributed by atoms with van der Waals surface area (Å²) in [6.07, 6.45) is 5.69. The topological polar surface area (TPSA) is 61.9 Å². The van der Waals surface area contributed by atoms with Crippen LogP contribution in [0.2, 0.25) is 0 Å². The summed E-state index contributed by atoms with van der Waals surface area (Å²) in [6, 6.07) is 7.20. The average molecular weight is 355 g/mol. The molecule has 0 radical (unpaired) electrons. The second-order valence-corrected chi connectivity index (χ2v) is 7.27. The quantitative estimate of drug-likeness (QED) is 0.907. The highest BCUT2D eigenvalue weighted by molar-refractivity contribution is 6.01. The van der Waals surface area contributed by atoms with E-state index in [-0.39, 0.29) is 18.0 Å².